The van der Waals surface area contributed by atoms with Gasteiger partial charge in [0.05, 0.1) is 12.1 Å². The van der Waals surface area contributed by atoms with Crippen molar-refractivity contribution in [3.63, 3.8) is 0 Å². The molecule has 4 rings (SSSR count). The first-order chi connectivity index (χ1) is 15.0. The molecule has 1 aliphatic rings. The summed E-state index contributed by atoms with van der Waals surface area (Å²) in [5.41, 5.74) is 2.67. The van der Waals surface area contributed by atoms with Crippen molar-refractivity contribution in [2.45, 2.75) is 45.9 Å². The first kappa shape index (κ1) is 21.2. The quantitative estimate of drug-likeness (QED) is 0.527. The van der Waals surface area contributed by atoms with E-state index in [-0.39, 0.29) is 17.7 Å². The SMILES string of the molecule is Cc1cccc(C)c1OC1CCN(Cc2nc(-c3ccccc3OC(F)F)no2)CC1. The number of piperidine rings is 1. The molecular formula is C23H25F2N3O3. The molecule has 1 saturated heterocycles. The number of hydrogen-bond donors (Lipinski definition) is 0. The third-order valence-electron chi connectivity index (χ3n) is 5.40. The summed E-state index contributed by atoms with van der Waals surface area (Å²) in [6.07, 6.45) is 1.98. The van der Waals surface area contributed by atoms with E-state index >= 15 is 0 Å². The number of rotatable bonds is 7. The minimum Gasteiger partial charge on any atom is -0.490 e. The van der Waals surface area contributed by atoms with E-state index in [4.69, 9.17) is 9.26 Å². The summed E-state index contributed by atoms with van der Waals surface area (Å²) in [6, 6.07) is 12.6. The van der Waals surface area contributed by atoms with E-state index in [9.17, 15) is 8.78 Å². The van der Waals surface area contributed by atoms with Crippen molar-refractivity contribution in [2.24, 2.45) is 0 Å². The number of aromatic nitrogens is 2. The van der Waals surface area contributed by atoms with Gasteiger partial charge < -0.3 is 14.0 Å². The van der Waals surface area contributed by atoms with Crippen molar-refractivity contribution in [1.82, 2.24) is 15.0 Å². The smallest absolute Gasteiger partial charge is 0.387 e. The van der Waals surface area contributed by atoms with E-state index in [2.05, 4.69) is 45.8 Å². The van der Waals surface area contributed by atoms with Crippen molar-refractivity contribution in [1.29, 1.82) is 0 Å². The zero-order valence-electron chi connectivity index (χ0n) is 17.6. The highest BCUT2D eigenvalue weighted by molar-refractivity contribution is 5.63. The lowest BCUT2D eigenvalue weighted by Gasteiger charge is -2.31. The lowest BCUT2D eigenvalue weighted by molar-refractivity contribution is -0.0494. The number of ether oxygens (including phenoxy) is 2. The third kappa shape index (κ3) is 5.19. The van der Waals surface area contributed by atoms with Gasteiger partial charge in [-0.25, -0.2) is 0 Å². The fraction of sp³-hybridized carbons (Fsp3) is 0.391. The number of para-hydroxylation sites is 2. The van der Waals surface area contributed by atoms with E-state index in [1.807, 2.05) is 6.07 Å². The Morgan fingerprint density at radius 3 is 2.48 bits per heavy atom. The first-order valence-corrected chi connectivity index (χ1v) is 10.3. The lowest BCUT2D eigenvalue weighted by atomic mass is 10.1. The Labute approximate surface area is 179 Å². The second-order valence-electron chi connectivity index (χ2n) is 7.70. The van der Waals surface area contributed by atoms with Crippen LogP contribution in [0.1, 0.15) is 29.9 Å². The Hall–Kier alpha value is -3.00. The van der Waals surface area contributed by atoms with Crippen LogP contribution in [0.2, 0.25) is 0 Å². The molecule has 3 aromatic rings. The molecule has 164 valence electrons. The Kier molecular flexibility index (Phi) is 6.46. The lowest BCUT2D eigenvalue weighted by Crippen LogP contribution is -2.38. The van der Waals surface area contributed by atoms with Crippen LogP contribution in [0.15, 0.2) is 47.0 Å². The molecule has 0 spiro atoms. The zero-order chi connectivity index (χ0) is 21.8. The van der Waals surface area contributed by atoms with Crippen LogP contribution in [-0.2, 0) is 6.54 Å². The molecule has 0 atom stereocenters. The second-order valence-corrected chi connectivity index (χ2v) is 7.70. The Balaban J connectivity index is 1.35. The largest absolute Gasteiger partial charge is 0.490 e. The highest BCUT2D eigenvalue weighted by atomic mass is 19.3. The molecule has 8 heteroatoms. The number of benzene rings is 2. The van der Waals surface area contributed by atoms with Crippen LogP contribution >= 0.6 is 0 Å². The molecule has 0 unspecified atom stereocenters. The Bertz CT molecular complexity index is 997. The predicted molar refractivity (Wildman–Crippen MR) is 111 cm³/mol. The molecule has 0 aliphatic carbocycles. The van der Waals surface area contributed by atoms with Crippen molar-refractivity contribution in [2.75, 3.05) is 13.1 Å². The number of likely N-dealkylation sites (tertiary alicyclic amines) is 1. The van der Waals surface area contributed by atoms with Crippen LogP contribution in [0.4, 0.5) is 8.78 Å². The van der Waals surface area contributed by atoms with Gasteiger partial charge >= 0.3 is 6.61 Å². The van der Waals surface area contributed by atoms with Gasteiger partial charge in [0.25, 0.3) is 0 Å². The summed E-state index contributed by atoms with van der Waals surface area (Å²) in [7, 11) is 0. The minimum absolute atomic E-state index is 0.0225. The topological polar surface area (TPSA) is 60.6 Å². The maximum absolute atomic E-state index is 12.6. The van der Waals surface area contributed by atoms with Gasteiger partial charge in [0, 0.05) is 13.1 Å². The summed E-state index contributed by atoms with van der Waals surface area (Å²) in [5, 5.41) is 3.95. The number of aryl methyl sites for hydroxylation is 2. The third-order valence-corrected chi connectivity index (χ3v) is 5.40. The molecule has 0 amide bonds. The number of halogens is 2. The maximum Gasteiger partial charge on any atom is 0.387 e. The van der Waals surface area contributed by atoms with Crippen LogP contribution < -0.4 is 9.47 Å². The Morgan fingerprint density at radius 2 is 1.77 bits per heavy atom. The van der Waals surface area contributed by atoms with Crippen molar-refractivity contribution >= 4 is 0 Å². The predicted octanol–water partition coefficient (Wildman–Crippen LogP) is 5.00. The minimum atomic E-state index is -2.92. The molecule has 0 bridgehead atoms. The van der Waals surface area contributed by atoms with Gasteiger partial charge in [-0.1, -0.05) is 35.5 Å². The van der Waals surface area contributed by atoms with Crippen LogP contribution in [0, 0.1) is 13.8 Å². The van der Waals surface area contributed by atoms with Gasteiger partial charge in [-0.15, -0.1) is 0 Å². The normalized spacial score (nSPS) is 15.4. The highest BCUT2D eigenvalue weighted by Crippen LogP contribution is 2.30. The molecule has 0 radical (unpaired) electrons. The number of hydrogen-bond acceptors (Lipinski definition) is 6. The standard InChI is InChI=1S/C23H25F2N3O3/c1-15-6-5-7-16(2)21(15)29-17-10-12-28(13-11-17)14-20-26-22(27-31-20)18-8-3-4-9-19(18)30-23(24)25/h3-9,17,23H,10-14H2,1-2H3. The monoisotopic (exact) mass is 429 g/mol. The average Bonchev–Trinajstić information content (AvgIpc) is 3.20. The van der Waals surface area contributed by atoms with E-state index in [0.717, 1.165) is 42.8 Å². The maximum atomic E-state index is 12.6. The van der Waals surface area contributed by atoms with Crippen LogP contribution in [0.3, 0.4) is 0 Å². The zero-order valence-corrected chi connectivity index (χ0v) is 17.6. The summed E-state index contributed by atoms with van der Waals surface area (Å²) in [5.74, 6) is 1.68. The molecule has 1 aromatic heterocycles. The molecule has 1 aliphatic heterocycles. The van der Waals surface area contributed by atoms with Crippen LogP contribution in [-0.4, -0.2) is 40.8 Å². The molecule has 2 aromatic carbocycles. The van der Waals surface area contributed by atoms with Gasteiger partial charge in [-0.2, -0.15) is 13.8 Å². The Morgan fingerprint density at radius 1 is 1.06 bits per heavy atom. The first-order valence-electron chi connectivity index (χ1n) is 10.3. The second kappa shape index (κ2) is 9.43. The van der Waals surface area contributed by atoms with Crippen LogP contribution in [0.5, 0.6) is 11.5 Å². The van der Waals surface area contributed by atoms with Gasteiger partial charge in [0.15, 0.2) is 0 Å². The molecule has 2 heterocycles. The highest BCUT2D eigenvalue weighted by Gasteiger charge is 2.24. The fourth-order valence-corrected chi connectivity index (χ4v) is 3.81. The van der Waals surface area contributed by atoms with E-state index in [0.29, 0.717) is 18.0 Å². The van der Waals surface area contributed by atoms with Gasteiger partial charge in [0.1, 0.15) is 17.6 Å². The van der Waals surface area contributed by atoms with Gasteiger partial charge in [-0.3, -0.25) is 4.90 Å². The van der Waals surface area contributed by atoms with Crippen LogP contribution in [0.25, 0.3) is 11.4 Å². The van der Waals surface area contributed by atoms with E-state index in [1.54, 1.807) is 18.2 Å². The summed E-state index contributed by atoms with van der Waals surface area (Å²) in [6.45, 7) is 3.40. The van der Waals surface area contributed by atoms with Gasteiger partial charge in [0.2, 0.25) is 11.7 Å². The van der Waals surface area contributed by atoms with Crippen molar-refractivity contribution < 1.29 is 22.8 Å². The fourth-order valence-electron chi connectivity index (χ4n) is 3.81. The number of alkyl halides is 2. The number of nitrogens with zero attached hydrogens (tertiary/aromatic N) is 3. The van der Waals surface area contributed by atoms with E-state index in [1.165, 1.54) is 6.07 Å². The summed E-state index contributed by atoms with van der Waals surface area (Å²) >= 11 is 0. The molecule has 1 fully saturated rings. The van der Waals surface area contributed by atoms with Crippen molar-refractivity contribution in [3.05, 3.63) is 59.5 Å². The van der Waals surface area contributed by atoms with Crippen molar-refractivity contribution in [3.8, 4) is 22.9 Å². The van der Waals surface area contributed by atoms with Gasteiger partial charge in [-0.05, 0) is 49.9 Å². The average molecular weight is 429 g/mol. The molecule has 0 saturated carbocycles. The molecule has 6 nitrogen and oxygen atoms in total. The summed E-state index contributed by atoms with van der Waals surface area (Å²) < 4.78 is 41.5. The molecule has 31 heavy (non-hydrogen) atoms. The molecule has 0 N–H and O–H groups in total. The summed E-state index contributed by atoms with van der Waals surface area (Å²) in [4.78, 5) is 6.60. The molecular weight excluding hydrogens is 404 g/mol. The van der Waals surface area contributed by atoms with E-state index < -0.39 is 6.61 Å².